The second-order valence-electron chi connectivity index (χ2n) is 5.40. The molecule has 0 saturated heterocycles. The van der Waals surface area contributed by atoms with E-state index in [9.17, 15) is 0 Å². The van der Waals surface area contributed by atoms with Gasteiger partial charge in [-0.1, -0.05) is 36.9 Å². The molecule has 0 bridgehead atoms. The third-order valence-corrected chi connectivity index (χ3v) is 3.96. The van der Waals surface area contributed by atoms with E-state index in [0.29, 0.717) is 0 Å². The van der Waals surface area contributed by atoms with Crippen LogP contribution in [0, 0.1) is 0 Å². The SMILES string of the molecule is C=Cc1ccc(CN2C=C(C)N(C)C2(C)C)cc1. The molecule has 0 saturated carbocycles. The summed E-state index contributed by atoms with van der Waals surface area (Å²) >= 11 is 0. The van der Waals surface area contributed by atoms with Crippen molar-refractivity contribution in [3.63, 3.8) is 0 Å². The highest BCUT2D eigenvalue weighted by Crippen LogP contribution is 2.31. The molecule has 2 heteroatoms. The average molecular weight is 242 g/mol. The molecule has 18 heavy (non-hydrogen) atoms. The van der Waals surface area contributed by atoms with Crippen molar-refractivity contribution in [3.8, 4) is 0 Å². The summed E-state index contributed by atoms with van der Waals surface area (Å²) in [6, 6.07) is 8.58. The van der Waals surface area contributed by atoms with Crippen molar-refractivity contribution in [2.75, 3.05) is 7.05 Å². The minimum Gasteiger partial charge on any atom is -0.355 e. The summed E-state index contributed by atoms with van der Waals surface area (Å²) in [6.07, 6.45) is 4.11. The van der Waals surface area contributed by atoms with E-state index in [1.54, 1.807) is 0 Å². The topological polar surface area (TPSA) is 6.48 Å². The van der Waals surface area contributed by atoms with Crippen molar-refractivity contribution in [3.05, 3.63) is 53.9 Å². The van der Waals surface area contributed by atoms with Crippen LogP contribution in [0.1, 0.15) is 31.9 Å². The molecule has 1 aromatic rings. The van der Waals surface area contributed by atoms with E-state index in [2.05, 4.69) is 74.7 Å². The van der Waals surface area contributed by atoms with Gasteiger partial charge in [0.05, 0.1) is 0 Å². The first-order valence-electron chi connectivity index (χ1n) is 6.35. The summed E-state index contributed by atoms with van der Waals surface area (Å²) in [4.78, 5) is 4.69. The molecular weight excluding hydrogens is 220 g/mol. The Labute approximate surface area is 110 Å². The highest BCUT2D eigenvalue weighted by Gasteiger charge is 2.34. The predicted molar refractivity (Wildman–Crippen MR) is 77.7 cm³/mol. The molecule has 0 aromatic heterocycles. The maximum Gasteiger partial charge on any atom is 0.106 e. The summed E-state index contributed by atoms with van der Waals surface area (Å²) in [7, 11) is 2.15. The predicted octanol–water partition coefficient (Wildman–Crippen LogP) is 3.67. The Hall–Kier alpha value is -1.70. The zero-order valence-corrected chi connectivity index (χ0v) is 11.8. The molecule has 1 heterocycles. The van der Waals surface area contributed by atoms with Gasteiger partial charge in [-0.25, -0.2) is 0 Å². The molecule has 0 spiro atoms. The second-order valence-corrected chi connectivity index (χ2v) is 5.40. The molecule has 0 unspecified atom stereocenters. The van der Waals surface area contributed by atoms with Crippen LogP contribution in [0.15, 0.2) is 42.7 Å². The highest BCUT2D eigenvalue weighted by molar-refractivity contribution is 5.47. The van der Waals surface area contributed by atoms with Gasteiger partial charge in [-0.2, -0.15) is 0 Å². The van der Waals surface area contributed by atoms with E-state index >= 15 is 0 Å². The fraction of sp³-hybridized carbons (Fsp3) is 0.375. The van der Waals surface area contributed by atoms with Crippen molar-refractivity contribution < 1.29 is 0 Å². The third-order valence-electron chi connectivity index (χ3n) is 3.96. The molecule has 1 aromatic carbocycles. The number of allylic oxidation sites excluding steroid dienone is 1. The van der Waals surface area contributed by atoms with Crippen LogP contribution in [0.2, 0.25) is 0 Å². The van der Waals surface area contributed by atoms with Gasteiger partial charge in [0, 0.05) is 25.5 Å². The minimum absolute atomic E-state index is 0.0428. The largest absolute Gasteiger partial charge is 0.355 e. The van der Waals surface area contributed by atoms with Crippen LogP contribution in [0.5, 0.6) is 0 Å². The van der Waals surface area contributed by atoms with Gasteiger partial charge in [0.25, 0.3) is 0 Å². The first kappa shape index (κ1) is 12.7. The molecule has 1 aliphatic rings. The minimum atomic E-state index is 0.0428. The van der Waals surface area contributed by atoms with Gasteiger partial charge in [-0.15, -0.1) is 0 Å². The van der Waals surface area contributed by atoms with Crippen molar-refractivity contribution in [1.29, 1.82) is 0 Å². The lowest BCUT2D eigenvalue weighted by atomic mass is 10.1. The van der Waals surface area contributed by atoms with Gasteiger partial charge in [0.2, 0.25) is 0 Å². The first-order chi connectivity index (χ1) is 8.45. The highest BCUT2D eigenvalue weighted by atomic mass is 15.4. The zero-order valence-electron chi connectivity index (χ0n) is 11.8. The van der Waals surface area contributed by atoms with E-state index in [-0.39, 0.29) is 5.66 Å². The van der Waals surface area contributed by atoms with Crippen LogP contribution < -0.4 is 0 Å². The van der Waals surface area contributed by atoms with Crippen LogP contribution in [-0.2, 0) is 6.54 Å². The van der Waals surface area contributed by atoms with E-state index in [1.165, 1.54) is 16.8 Å². The number of rotatable bonds is 3. The number of nitrogens with zero attached hydrogens (tertiary/aromatic N) is 2. The summed E-state index contributed by atoms with van der Waals surface area (Å²) in [6.45, 7) is 11.4. The summed E-state index contributed by atoms with van der Waals surface area (Å²) in [5, 5.41) is 0. The molecule has 96 valence electrons. The molecule has 0 aliphatic carbocycles. The Balaban J connectivity index is 2.16. The Bertz CT molecular complexity index is 468. The molecule has 1 aliphatic heterocycles. The first-order valence-corrected chi connectivity index (χ1v) is 6.35. The number of benzene rings is 1. The maximum absolute atomic E-state index is 3.78. The summed E-state index contributed by atoms with van der Waals surface area (Å²) in [5.41, 5.74) is 3.85. The average Bonchev–Trinajstić information content (AvgIpc) is 2.54. The maximum atomic E-state index is 3.78. The number of hydrogen-bond donors (Lipinski definition) is 0. The monoisotopic (exact) mass is 242 g/mol. The van der Waals surface area contributed by atoms with Crippen LogP contribution in [-0.4, -0.2) is 22.5 Å². The van der Waals surface area contributed by atoms with Crippen LogP contribution >= 0.6 is 0 Å². The van der Waals surface area contributed by atoms with Gasteiger partial charge in [-0.3, -0.25) is 0 Å². The second kappa shape index (κ2) is 4.52. The molecule has 2 nitrogen and oxygen atoms in total. The van der Waals surface area contributed by atoms with E-state index in [1.807, 2.05) is 6.08 Å². The fourth-order valence-corrected chi connectivity index (χ4v) is 2.29. The quantitative estimate of drug-likeness (QED) is 0.798. The van der Waals surface area contributed by atoms with Crippen LogP contribution in [0.25, 0.3) is 6.08 Å². The molecule has 0 atom stereocenters. The lowest BCUT2D eigenvalue weighted by Crippen LogP contribution is -2.46. The standard InChI is InChI=1S/C16H22N2/c1-6-14-7-9-15(10-8-14)12-18-11-13(2)17(5)16(18,3)4/h6-11H,1,12H2,2-5H3. The normalized spacial score (nSPS) is 17.9. The van der Waals surface area contributed by atoms with Gasteiger partial charge in [-0.05, 0) is 31.9 Å². The molecule has 0 radical (unpaired) electrons. The van der Waals surface area contributed by atoms with Gasteiger partial charge in [0.15, 0.2) is 0 Å². The van der Waals surface area contributed by atoms with Gasteiger partial charge >= 0.3 is 0 Å². The van der Waals surface area contributed by atoms with Crippen molar-refractivity contribution >= 4 is 6.08 Å². The zero-order chi connectivity index (χ0) is 13.3. The fourth-order valence-electron chi connectivity index (χ4n) is 2.29. The Morgan fingerprint density at radius 3 is 2.28 bits per heavy atom. The Morgan fingerprint density at radius 2 is 1.83 bits per heavy atom. The van der Waals surface area contributed by atoms with E-state index < -0.39 is 0 Å². The van der Waals surface area contributed by atoms with Crippen LogP contribution in [0.3, 0.4) is 0 Å². The van der Waals surface area contributed by atoms with E-state index in [4.69, 9.17) is 0 Å². The van der Waals surface area contributed by atoms with Crippen LogP contribution in [0.4, 0.5) is 0 Å². The van der Waals surface area contributed by atoms with Gasteiger partial charge in [0.1, 0.15) is 5.66 Å². The molecular formula is C16H22N2. The smallest absolute Gasteiger partial charge is 0.106 e. The molecule has 0 fully saturated rings. The Morgan fingerprint density at radius 1 is 1.22 bits per heavy atom. The van der Waals surface area contributed by atoms with Crippen molar-refractivity contribution in [2.45, 2.75) is 33.0 Å². The van der Waals surface area contributed by atoms with Gasteiger partial charge < -0.3 is 9.80 Å². The molecule has 0 N–H and O–H groups in total. The van der Waals surface area contributed by atoms with E-state index in [0.717, 1.165) is 6.54 Å². The van der Waals surface area contributed by atoms with Crippen molar-refractivity contribution in [1.82, 2.24) is 9.80 Å². The third kappa shape index (κ3) is 2.15. The van der Waals surface area contributed by atoms with Crippen molar-refractivity contribution in [2.24, 2.45) is 0 Å². The molecule has 2 rings (SSSR count). The lowest BCUT2D eigenvalue weighted by molar-refractivity contribution is 0.0711. The Kier molecular flexibility index (Phi) is 3.20. The molecule has 0 amide bonds. The lowest BCUT2D eigenvalue weighted by Gasteiger charge is -2.39. The summed E-state index contributed by atoms with van der Waals surface area (Å²) < 4.78 is 0. The summed E-state index contributed by atoms with van der Waals surface area (Å²) in [5.74, 6) is 0. The number of hydrogen-bond acceptors (Lipinski definition) is 2.